The molecule has 0 amide bonds. The van der Waals surface area contributed by atoms with E-state index in [9.17, 15) is 0 Å². The van der Waals surface area contributed by atoms with Crippen LogP contribution in [0.3, 0.4) is 0 Å². The van der Waals surface area contributed by atoms with Gasteiger partial charge < -0.3 is 9.13 Å². The smallest absolute Gasteiger partial charge is 0.0945 e. The summed E-state index contributed by atoms with van der Waals surface area (Å²) >= 11 is 0. The first-order valence-electron chi connectivity index (χ1n) is 10.4. The zero-order valence-corrected chi connectivity index (χ0v) is 15.9. The maximum absolute atomic E-state index is 4.08. The molecule has 4 nitrogen and oxygen atoms in total. The SMILES string of the molecule is c1cn(CCCCCCCCCCCCCCCn2ccnc2)cn1. The Labute approximate surface area is 153 Å². The first kappa shape index (κ1) is 19.7. The molecule has 0 spiro atoms. The van der Waals surface area contributed by atoms with Crippen LogP contribution in [0.1, 0.15) is 83.5 Å². The summed E-state index contributed by atoms with van der Waals surface area (Å²) in [7, 11) is 0. The highest BCUT2D eigenvalue weighted by Gasteiger charge is 1.95. The van der Waals surface area contributed by atoms with Crippen molar-refractivity contribution < 1.29 is 0 Å². The number of nitrogens with zero attached hydrogens (tertiary/aromatic N) is 4. The van der Waals surface area contributed by atoms with Crippen molar-refractivity contribution in [2.45, 2.75) is 96.6 Å². The summed E-state index contributed by atoms with van der Waals surface area (Å²) in [6.45, 7) is 2.25. The van der Waals surface area contributed by atoms with Gasteiger partial charge in [0.05, 0.1) is 12.7 Å². The monoisotopic (exact) mass is 344 g/mol. The number of imidazole rings is 2. The molecule has 0 fully saturated rings. The molecule has 0 saturated carbocycles. The van der Waals surface area contributed by atoms with E-state index in [2.05, 4.69) is 31.5 Å². The second-order valence-corrected chi connectivity index (χ2v) is 7.20. The van der Waals surface area contributed by atoms with Gasteiger partial charge in [0.15, 0.2) is 0 Å². The van der Waals surface area contributed by atoms with Crippen molar-refractivity contribution >= 4 is 0 Å². The summed E-state index contributed by atoms with van der Waals surface area (Å²) < 4.78 is 4.36. The predicted octanol–water partition coefficient (Wildman–Crippen LogP) is 5.85. The predicted molar refractivity (Wildman–Crippen MR) is 104 cm³/mol. The average molecular weight is 345 g/mol. The van der Waals surface area contributed by atoms with Gasteiger partial charge in [-0.1, -0.05) is 70.6 Å². The summed E-state index contributed by atoms with van der Waals surface area (Å²) in [6, 6.07) is 0. The summed E-state index contributed by atoms with van der Waals surface area (Å²) in [6.07, 6.45) is 29.7. The van der Waals surface area contributed by atoms with E-state index in [1.807, 2.05) is 25.0 Å². The molecule has 0 radical (unpaired) electrons. The first-order chi connectivity index (χ1) is 12.4. The van der Waals surface area contributed by atoms with E-state index in [0.717, 1.165) is 13.1 Å². The molecule has 0 aliphatic heterocycles. The van der Waals surface area contributed by atoms with Crippen LogP contribution in [0, 0.1) is 0 Å². The zero-order chi connectivity index (χ0) is 17.4. The first-order valence-corrected chi connectivity index (χ1v) is 10.4. The van der Waals surface area contributed by atoms with Crippen LogP contribution in [-0.4, -0.2) is 19.1 Å². The average Bonchev–Trinajstić information content (AvgIpc) is 3.32. The van der Waals surface area contributed by atoms with Gasteiger partial charge in [-0.25, -0.2) is 9.97 Å². The Bertz CT molecular complexity index is 444. The molecule has 0 N–H and O–H groups in total. The zero-order valence-electron chi connectivity index (χ0n) is 15.9. The lowest BCUT2D eigenvalue weighted by Crippen LogP contribution is -1.94. The molecule has 2 aromatic rings. The van der Waals surface area contributed by atoms with Crippen molar-refractivity contribution in [1.82, 2.24) is 19.1 Å². The third-order valence-corrected chi connectivity index (χ3v) is 4.95. The summed E-state index contributed by atoms with van der Waals surface area (Å²) in [5.41, 5.74) is 0. The number of hydrogen-bond acceptors (Lipinski definition) is 2. The minimum atomic E-state index is 1.13. The lowest BCUT2D eigenvalue weighted by atomic mass is 10.0. The molecule has 4 heteroatoms. The van der Waals surface area contributed by atoms with Crippen LogP contribution < -0.4 is 0 Å². The van der Waals surface area contributed by atoms with E-state index in [1.54, 1.807) is 0 Å². The van der Waals surface area contributed by atoms with Crippen molar-refractivity contribution in [1.29, 1.82) is 0 Å². The quantitative estimate of drug-likeness (QED) is 0.358. The molecule has 0 atom stereocenters. The molecule has 0 bridgehead atoms. The van der Waals surface area contributed by atoms with Gasteiger partial charge >= 0.3 is 0 Å². The molecule has 2 aromatic heterocycles. The Kier molecular flexibility index (Phi) is 10.8. The highest BCUT2D eigenvalue weighted by Crippen LogP contribution is 2.13. The van der Waals surface area contributed by atoms with Crippen molar-refractivity contribution in [2.24, 2.45) is 0 Å². The molecule has 0 saturated heterocycles. The van der Waals surface area contributed by atoms with E-state index < -0.39 is 0 Å². The van der Waals surface area contributed by atoms with Gasteiger partial charge in [-0.05, 0) is 12.8 Å². The van der Waals surface area contributed by atoms with Gasteiger partial charge in [0.25, 0.3) is 0 Å². The Balaban J connectivity index is 1.24. The molecule has 2 rings (SSSR count). The Morgan fingerprint density at radius 2 is 0.760 bits per heavy atom. The molecular formula is C21H36N4. The van der Waals surface area contributed by atoms with Crippen LogP contribution in [0.15, 0.2) is 37.4 Å². The highest BCUT2D eigenvalue weighted by molar-refractivity contribution is 4.74. The van der Waals surface area contributed by atoms with Crippen LogP contribution in [0.2, 0.25) is 0 Å². The van der Waals surface area contributed by atoms with Crippen molar-refractivity contribution in [2.75, 3.05) is 0 Å². The van der Waals surface area contributed by atoms with E-state index >= 15 is 0 Å². The van der Waals surface area contributed by atoms with Crippen LogP contribution in [0.4, 0.5) is 0 Å². The molecular weight excluding hydrogens is 308 g/mol. The Morgan fingerprint density at radius 1 is 0.440 bits per heavy atom. The maximum atomic E-state index is 4.08. The largest absolute Gasteiger partial charge is 0.337 e. The number of rotatable bonds is 16. The highest BCUT2D eigenvalue weighted by atomic mass is 15.0. The molecule has 140 valence electrons. The van der Waals surface area contributed by atoms with E-state index in [-0.39, 0.29) is 0 Å². The Hall–Kier alpha value is -1.58. The number of aryl methyl sites for hydroxylation is 2. The summed E-state index contributed by atoms with van der Waals surface area (Å²) in [5.74, 6) is 0. The third kappa shape index (κ3) is 10.1. The fourth-order valence-corrected chi connectivity index (χ4v) is 3.37. The van der Waals surface area contributed by atoms with Crippen LogP contribution in [0.5, 0.6) is 0 Å². The van der Waals surface area contributed by atoms with Crippen LogP contribution in [0.25, 0.3) is 0 Å². The number of unbranched alkanes of at least 4 members (excludes halogenated alkanes) is 12. The second kappa shape index (κ2) is 13.7. The number of hydrogen-bond donors (Lipinski definition) is 0. The third-order valence-electron chi connectivity index (χ3n) is 4.95. The summed E-state index contributed by atoms with van der Waals surface area (Å²) in [4.78, 5) is 8.15. The van der Waals surface area contributed by atoms with Crippen LogP contribution >= 0.6 is 0 Å². The lowest BCUT2D eigenvalue weighted by molar-refractivity contribution is 0.518. The molecule has 0 aromatic carbocycles. The minimum absolute atomic E-state index is 1.13. The number of aromatic nitrogens is 4. The van der Waals surface area contributed by atoms with E-state index in [0.29, 0.717) is 0 Å². The molecule has 0 aliphatic rings. The van der Waals surface area contributed by atoms with Crippen molar-refractivity contribution in [3.63, 3.8) is 0 Å². The molecule has 2 heterocycles. The van der Waals surface area contributed by atoms with Gasteiger partial charge in [0.2, 0.25) is 0 Å². The Morgan fingerprint density at radius 3 is 1.04 bits per heavy atom. The topological polar surface area (TPSA) is 35.6 Å². The molecule has 25 heavy (non-hydrogen) atoms. The standard InChI is InChI=1S/C21H36N4/c1(2-4-6-8-10-12-16-24-18-14-22-20-24)3-5-7-9-11-13-17-25-19-15-23-21-25/h14-15,18-21H,1-13,16-17H2. The van der Waals surface area contributed by atoms with E-state index in [1.165, 1.54) is 83.5 Å². The minimum Gasteiger partial charge on any atom is -0.337 e. The molecule has 0 unspecified atom stereocenters. The van der Waals surface area contributed by atoms with Gasteiger partial charge in [-0.3, -0.25) is 0 Å². The van der Waals surface area contributed by atoms with E-state index in [4.69, 9.17) is 0 Å². The van der Waals surface area contributed by atoms with Gasteiger partial charge in [-0.15, -0.1) is 0 Å². The van der Waals surface area contributed by atoms with Crippen molar-refractivity contribution in [3.05, 3.63) is 37.4 Å². The fraction of sp³-hybridized carbons (Fsp3) is 0.714. The van der Waals surface area contributed by atoms with Crippen LogP contribution in [-0.2, 0) is 13.1 Å². The maximum Gasteiger partial charge on any atom is 0.0945 e. The van der Waals surface area contributed by atoms with Gasteiger partial charge in [-0.2, -0.15) is 0 Å². The van der Waals surface area contributed by atoms with Crippen molar-refractivity contribution in [3.8, 4) is 0 Å². The normalized spacial score (nSPS) is 11.2. The summed E-state index contributed by atoms with van der Waals surface area (Å²) in [5, 5.41) is 0. The fourth-order valence-electron chi connectivity index (χ4n) is 3.37. The molecule has 0 aliphatic carbocycles. The van der Waals surface area contributed by atoms with Gasteiger partial charge in [0.1, 0.15) is 0 Å². The second-order valence-electron chi connectivity index (χ2n) is 7.20. The van der Waals surface area contributed by atoms with Gasteiger partial charge in [0, 0.05) is 37.9 Å². The lowest BCUT2D eigenvalue weighted by Gasteiger charge is -2.04.